The van der Waals surface area contributed by atoms with Crippen molar-refractivity contribution in [3.63, 3.8) is 0 Å². The number of aliphatic hydroxyl groups is 3. The molecule has 0 aromatic heterocycles. The van der Waals surface area contributed by atoms with Gasteiger partial charge in [0.25, 0.3) is 5.91 Å². The maximum absolute atomic E-state index is 15.6. The first-order valence-electron chi connectivity index (χ1n) is 35.2. The van der Waals surface area contributed by atoms with Crippen molar-refractivity contribution in [1.82, 2.24) is 53.2 Å². The Bertz CT molecular complexity index is 3300. The zero-order valence-electron chi connectivity index (χ0n) is 61.4. The lowest BCUT2D eigenvalue weighted by Crippen LogP contribution is -2.64. The Kier molecular flexibility index (Phi) is 35.8. The highest BCUT2D eigenvalue weighted by atomic mass is 16.6. The van der Waals surface area contributed by atoms with E-state index in [0.29, 0.717) is 26.3 Å². The SMILES string of the molecule is CC[C@H](C)[C@@H]1NC(=O)[C@@H](CCCN=C(N)N)NC(=O)[C@H](CC(C)C)NC(=O)[C@H]([C@H](O)C(C)C)NC(=O)[C@@H](NC(=O)[C@H](CC(C)C)NC(=O)[C@H](N)CC(C)C)[C@@H](c2ccccc2)OC(=O)[C@H](CO)NC(=O)[C@H]([C@H](OC(=O)Nc2ccc(N3CCOCC3)cc2)C(N)=O)NC(=O)CNC(=O)[C@H]([C@H](C)O)NC1=O. The summed E-state index contributed by atoms with van der Waals surface area (Å²) in [6, 6.07) is -4.95. The summed E-state index contributed by atoms with van der Waals surface area (Å²) in [5, 5.41) is 60.8. The molecule has 0 spiro atoms. The summed E-state index contributed by atoms with van der Waals surface area (Å²) in [4.78, 5) is 194. The number of ether oxygens (including phenoxy) is 3. The minimum absolute atomic E-state index is 0.0281. The van der Waals surface area contributed by atoms with Crippen LogP contribution in [-0.4, -0.2) is 223 Å². The van der Waals surface area contributed by atoms with Gasteiger partial charge in [-0.05, 0) is 98.4 Å². The maximum Gasteiger partial charge on any atom is 0.412 e. The molecule has 0 aliphatic carbocycles. The summed E-state index contributed by atoms with van der Waals surface area (Å²) >= 11 is 0. The smallest absolute Gasteiger partial charge is 0.412 e. The Balaban J connectivity index is 2.02. The molecule has 0 unspecified atom stereocenters. The highest BCUT2D eigenvalue weighted by molar-refractivity contribution is 6.01. The van der Waals surface area contributed by atoms with Gasteiger partial charge in [0.05, 0.1) is 44.6 Å². The number of primary amides is 1. The minimum atomic E-state index is -2.53. The van der Waals surface area contributed by atoms with Gasteiger partial charge < -0.3 is 111 Å². The Morgan fingerprint density at radius 1 is 0.657 bits per heavy atom. The van der Waals surface area contributed by atoms with E-state index in [4.69, 9.17) is 37.1 Å². The highest BCUT2D eigenvalue weighted by Crippen LogP contribution is 2.26. The molecule has 2 fully saturated rings. The van der Waals surface area contributed by atoms with Crippen molar-refractivity contribution in [2.75, 3.05) is 56.2 Å². The van der Waals surface area contributed by atoms with Crippen molar-refractivity contribution < 1.29 is 91.9 Å². The molecule has 0 bridgehead atoms. The molecule has 105 heavy (non-hydrogen) atoms. The van der Waals surface area contributed by atoms with Crippen molar-refractivity contribution in [3.05, 3.63) is 60.2 Å². The van der Waals surface area contributed by atoms with Crippen LogP contribution in [0.3, 0.4) is 0 Å². The molecule has 2 aliphatic rings. The van der Waals surface area contributed by atoms with Crippen LogP contribution < -0.4 is 86.3 Å². The molecule has 584 valence electrons. The number of hydrogen-bond acceptors (Lipinski definition) is 22. The van der Waals surface area contributed by atoms with Crippen LogP contribution >= 0.6 is 0 Å². The van der Waals surface area contributed by atoms with Gasteiger partial charge in [-0.25, -0.2) is 9.59 Å². The van der Waals surface area contributed by atoms with E-state index in [1.807, 2.05) is 18.7 Å². The average molecular weight is 1480 g/mol. The van der Waals surface area contributed by atoms with E-state index in [-0.39, 0.29) is 74.1 Å². The van der Waals surface area contributed by atoms with Gasteiger partial charge in [-0.1, -0.05) is 106 Å². The summed E-state index contributed by atoms with van der Waals surface area (Å²) in [5.74, 6) is -17.6. The van der Waals surface area contributed by atoms with E-state index in [9.17, 15) is 68.1 Å². The number of nitrogens with zero attached hydrogens (tertiary/aromatic N) is 2. The Morgan fingerprint density at radius 3 is 1.79 bits per heavy atom. The van der Waals surface area contributed by atoms with E-state index < -0.39 is 193 Å². The second kappa shape index (κ2) is 42.9. The number of aliphatic imine (C=N–C) groups is 1. The third-order valence-electron chi connectivity index (χ3n) is 17.1. The number of esters is 1. The van der Waals surface area contributed by atoms with Crippen molar-refractivity contribution in [1.29, 1.82) is 0 Å². The van der Waals surface area contributed by atoms with Crippen molar-refractivity contribution in [3.8, 4) is 0 Å². The molecular formula is C69H109N17O19. The summed E-state index contributed by atoms with van der Waals surface area (Å²) in [5.41, 5.74) is 24.0. The third kappa shape index (κ3) is 28.3. The van der Waals surface area contributed by atoms with Crippen molar-refractivity contribution in [2.24, 2.45) is 57.5 Å². The first kappa shape index (κ1) is 87.6. The fraction of sp³-hybridized carbons (Fsp3) is 0.623. The van der Waals surface area contributed by atoms with Crippen LogP contribution in [-0.2, 0) is 71.7 Å². The van der Waals surface area contributed by atoms with Crippen LogP contribution in [0.25, 0.3) is 0 Å². The molecule has 4 rings (SSSR count). The molecule has 36 nitrogen and oxygen atoms in total. The molecule has 0 radical (unpaired) electrons. The largest absolute Gasteiger partial charge is 0.453 e. The number of carbonyl (C=O) groups excluding carboxylic acids is 13. The Hall–Kier alpha value is -9.78. The van der Waals surface area contributed by atoms with Crippen LogP contribution in [0.5, 0.6) is 0 Å². The second-order valence-electron chi connectivity index (χ2n) is 27.7. The molecule has 2 aliphatic heterocycles. The number of anilines is 2. The van der Waals surface area contributed by atoms with Crippen LogP contribution in [0.15, 0.2) is 59.6 Å². The zero-order chi connectivity index (χ0) is 78.5. The lowest BCUT2D eigenvalue weighted by molar-refractivity contribution is -0.159. The Morgan fingerprint density at radius 2 is 1.23 bits per heavy atom. The number of hydrogen-bond donors (Lipinski definition) is 18. The topological polar surface area (TPSA) is 562 Å². The number of carbonyl (C=O) groups is 13. The molecule has 0 saturated carbocycles. The van der Waals surface area contributed by atoms with Gasteiger partial charge in [0.2, 0.25) is 65.2 Å². The number of morpholine rings is 1. The summed E-state index contributed by atoms with van der Waals surface area (Å²) in [6.45, 7) is 17.2. The highest BCUT2D eigenvalue weighted by Gasteiger charge is 2.45. The molecule has 12 amide bonds. The molecule has 2 heterocycles. The molecule has 15 atom stereocenters. The van der Waals surface area contributed by atoms with E-state index in [2.05, 4.69) is 63.5 Å². The van der Waals surface area contributed by atoms with Gasteiger partial charge in [0.15, 0.2) is 24.1 Å². The summed E-state index contributed by atoms with van der Waals surface area (Å²) in [6.07, 6.45) is -9.69. The van der Waals surface area contributed by atoms with Crippen LogP contribution in [0.2, 0.25) is 0 Å². The van der Waals surface area contributed by atoms with Crippen LogP contribution in [0.4, 0.5) is 16.2 Å². The quantitative estimate of drug-likeness (QED) is 0.0189. The molecule has 2 saturated heterocycles. The monoisotopic (exact) mass is 1480 g/mol. The molecule has 2 aromatic carbocycles. The summed E-state index contributed by atoms with van der Waals surface area (Å²) < 4.78 is 16.9. The van der Waals surface area contributed by atoms with Gasteiger partial charge in [0.1, 0.15) is 42.3 Å². The first-order chi connectivity index (χ1) is 49.5. The van der Waals surface area contributed by atoms with Gasteiger partial charge in [-0.3, -0.25) is 63.0 Å². The summed E-state index contributed by atoms with van der Waals surface area (Å²) in [7, 11) is 0. The van der Waals surface area contributed by atoms with Gasteiger partial charge in [-0.15, -0.1) is 0 Å². The van der Waals surface area contributed by atoms with Crippen molar-refractivity contribution in [2.45, 2.75) is 200 Å². The predicted molar refractivity (Wildman–Crippen MR) is 384 cm³/mol. The zero-order valence-corrected chi connectivity index (χ0v) is 61.4. The maximum atomic E-state index is 15.6. The van der Waals surface area contributed by atoms with Gasteiger partial charge >= 0.3 is 12.1 Å². The number of guanidine groups is 1. The molecule has 2 aromatic rings. The molecular weight excluding hydrogens is 1370 g/mol. The molecule has 36 heteroatoms. The van der Waals surface area contributed by atoms with Crippen LogP contribution in [0.1, 0.15) is 126 Å². The number of rotatable bonds is 26. The van der Waals surface area contributed by atoms with E-state index in [1.165, 1.54) is 56.3 Å². The van der Waals surface area contributed by atoms with Gasteiger partial charge in [0, 0.05) is 31.0 Å². The minimum Gasteiger partial charge on any atom is -0.453 e. The fourth-order valence-electron chi connectivity index (χ4n) is 11.2. The number of amides is 12. The lowest BCUT2D eigenvalue weighted by atomic mass is 9.95. The number of aliphatic hydroxyl groups excluding tert-OH is 3. The first-order valence-corrected chi connectivity index (χ1v) is 35.2. The lowest BCUT2D eigenvalue weighted by Gasteiger charge is -2.34. The standard InChI is InChI=1S/C69H109N17O19/c1-12-38(10)49-63(97)83-50(39(11)88)62(96)75-32-48(89)81-53(56(57(71)91)105-69(102)76-41-20-22-42(23-21-41)86-25-27-103-28-26-86)65(99)80-47(33-87)67(101)104-55(40-17-14-13-15-18-40)52(85-61(95)46(31-36(6)7)78-58(92)43(70)29-34(2)3)66(100)84-51(54(90)37(8)9)64(98)79-45(30-35(4)5)60(94)77-44(59(93)82-49)19-16-24-74-68(72)73/h13-15,17-18,20-23,34-39,43-47,49-56,87-88,90H,12,16,19,24-33,70H2,1-11H3,(H2,71,91)(H,75,96)(H,76,102)(H,77,94)(H,78,92)(H,79,98)(H,80,99)(H,81,89)(H,82,93)(H,83,97)(H,84,100)(H,85,95)(H4,72,73,74)/t38-,39-,43+,44+,45-,46-,47-,49-,50-,51-,52-,53-,54+,55+,56-/m0/s1. The predicted octanol–water partition coefficient (Wildman–Crippen LogP) is -3.34. The van der Waals surface area contributed by atoms with Gasteiger partial charge in [-0.2, -0.15) is 0 Å². The number of nitrogens with one attached hydrogen (secondary N) is 11. The molecule has 22 N–H and O–H groups in total. The fourth-order valence-corrected chi connectivity index (χ4v) is 11.2. The second-order valence-corrected chi connectivity index (χ2v) is 27.7. The third-order valence-corrected chi connectivity index (χ3v) is 17.1. The number of cyclic esters (lactones) is 1. The normalized spacial score (nSPS) is 23.6. The van der Waals surface area contributed by atoms with E-state index in [1.54, 1.807) is 53.7 Å². The van der Waals surface area contributed by atoms with E-state index in [0.717, 1.165) is 12.6 Å². The van der Waals surface area contributed by atoms with E-state index >= 15 is 9.59 Å². The average Bonchev–Trinajstić information content (AvgIpc) is 0.815. The number of nitrogens with two attached hydrogens (primary N) is 4. The number of benzene rings is 2. The Labute approximate surface area is 610 Å². The van der Waals surface area contributed by atoms with Crippen molar-refractivity contribution >= 4 is 94.4 Å². The van der Waals surface area contributed by atoms with Crippen LogP contribution in [0, 0.1) is 29.6 Å².